The second-order valence-electron chi connectivity index (χ2n) is 5.67. The molecule has 2 heteroatoms. The van der Waals surface area contributed by atoms with E-state index in [2.05, 4.69) is 59.9 Å². The molecule has 2 aromatic carbocycles. The predicted molar refractivity (Wildman–Crippen MR) is 86.3 cm³/mol. The van der Waals surface area contributed by atoms with Gasteiger partial charge in [0.1, 0.15) is 0 Å². The molecule has 2 aromatic rings. The summed E-state index contributed by atoms with van der Waals surface area (Å²) in [7, 11) is 1.98. The number of fused-ring (bicyclic) bond motifs is 1. The highest BCUT2D eigenvalue weighted by molar-refractivity contribution is 5.31. The van der Waals surface area contributed by atoms with Crippen LogP contribution in [0.1, 0.15) is 41.7 Å². The molecular formula is C19H23NO. The smallest absolute Gasteiger partial charge is 0.0957 e. The molecule has 0 spiro atoms. The van der Waals surface area contributed by atoms with E-state index in [0.717, 1.165) is 13.0 Å². The molecule has 21 heavy (non-hydrogen) atoms. The number of likely N-dealkylation sites (N-methyl/N-ethyl adjacent to an activating group) is 1. The van der Waals surface area contributed by atoms with Gasteiger partial charge >= 0.3 is 0 Å². The second kappa shape index (κ2) is 6.88. The van der Waals surface area contributed by atoms with E-state index in [1.54, 1.807) is 0 Å². The summed E-state index contributed by atoms with van der Waals surface area (Å²) in [5, 5.41) is 3.25. The number of benzene rings is 2. The lowest BCUT2D eigenvalue weighted by molar-refractivity contribution is -0.0223. The highest BCUT2D eigenvalue weighted by atomic mass is 16.5. The molecule has 0 bridgehead atoms. The molecule has 0 aliphatic heterocycles. The zero-order valence-corrected chi connectivity index (χ0v) is 12.6. The molecule has 2 unspecified atom stereocenters. The Morgan fingerprint density at radius 2 is 1.86 bits per heavy atom. The van der Waals surface area contributed by atoms with Crippen LogP contribution in [0.5, 0.6) is 0 Å². The third-order valence-electron chi connectivity index (χ3n) is 4.20. The highest BCUT2D eigenvalue weighted by Crippen LogP contribution is 2.36. The van der Waals surface area contributed by atoms with E-state index >= 15 is 0 Å². The maximum atomic E-state index is 6.48. The number of rotatable bonds is 5. The van der Waals surface area contributed by atoms with E-state index in [4.69, 9.17) is 4.74 Å². The summed E-state index contributed by atoms with van der Waals surface area (Å²) >= 11 is 0. The first-order chi connectivity index (χ1) is 10.4. The number of hydrogen-bond acceptors (Lipinski definition) is 2. The Morgan fingerprint density at radius 3 is 2.67 bits per heavy atom. The Hall–Kier alpha value is -1.64. The van der Waals surface area contributed by atoms with Crippen molar-refractivity contribution in [3.8, 4) is 0 Å². The third-order valence-corrected chi connectivity index (χ3v) is 4.20. The van der Waals surface area contributed by atoms with Gasteiger partial charge in [0, 0.05) is 6.54 Å². The summed E-state index contributed by atoms with van der Waals surface area (Å²) in [6.07, 6.45) is 3.83. The molecule has 2 nitrogen and oxygen atoms in total. The number of ether oxygens (including phenoxy) is 1. The number of nitrogens with one attached hydrogen (secondary N) is 1. The van der Waals surface area contributed by atoms with Gasteiger partial charge in [-0.3, -0.25) is 0 Å². The Bertz CT molecular complexity index is 567. The van der Waals surface area contributed by atoms with E-state index < -0.39 is 0 Å². The molecule has 1 aliphatic rings. The van der Waals surface area contributed by atoms with Crippen LogP contribution in [0, 0.1) is 0 Å². The third kappa shape index (κ3) is 3.34. The topological polar surface area (TPSA) is 21.3 Å². The molecule has 1 N–H and O–H groups in total. The van der Waals surface area contributed by atoms with E-state index in [1.165, 1.54) is 29.5 Å². The van der Waals surface area contributed by atoms with Crippen LogP contribution >= 0.6 is 0 Å². The first-order valence-corrected chi connectivity index (χ1v) is 7.81. The molecule has 3 rings (SSSR count). The average Bonchev–Trinajstić information content (AvgIpc) is 2.55. The minimum absolute atomic E-state index is 0.104. The van der Waals surface area contributed by atoms with Crippen LogP contribution in [0.25, 0.3) is 0 Å². The molecule has 0 saturated heterocycles. The van der Waals surface area contributed by atoms with Crippen molar-refractivity contribution in [3.63, 3.8) is 0 Å². The molecule has 0 fully saturated rings. The summed E-state index contributed by atoms with van der Waals surface area (Å²) in [5.74, 6) is 0. The van der Waals surface area contributed by atoms with Crippen LogP contribution in [-0.2, 0) is 11.2 Å². The predicted octanol–water partition coefficient (Wildman–Crippen LogP) is 4.04. The van der Waals surface area contributed by atoms with Gasteiger partial charge in [-0.05, 0) is 43.0 Å². The Morgan fingerprint density at radius 1 is 1.10 bits per heavy atom. The van der Waals surface area contributed by atoms with Gasteiger partial charge in [0.25, 0.3) is 0 Å². The van der Waals surface area contributed by atoms with Gasteiger partial charge in [0.2, 0.25) is 0 Å². The normalized spacial score (nSPS) is 19.0. The lowest BCUT2D eigenvalue weighted by Crippen LogP contribution is -2.23. The first kappa shape index (κ1) is 14.3. The maximum absolute atomic E-state index is 6.48. The molecule has 2 atom stereocenters. The van der Waals surface area contributed by atoms with Crippen LogP contribution in [-0.4, -0.2) is 13.6 Å². The van der Waals surface area contributed by atoms with E-state index in [9.17, 15) is 0 Å². The first-order valence-electron chi connectivity index (χ1n) is 7.81. The fraction of sp³-hybridized carbons (Fsp3) is 0.368. The van der Waals surface area contributed by atoms with Crippen LogP contribution < -0.4 is 5.32 Å². The molecule has 0 aromatic heterocycles. The summed E-state index contributed by atoms with van der Waals surface area (Å²) < 4.78 is 6.48. The molecule has 110 valence electrons. The van der Waals surface area contributed by atoms with Gasteiger partial charge in [-0.15, -0.1) is 0 Å². The van der Waals surface area contributed by atoms with Crippen molar-refractivity contribution in [1.29, 1.82) is 0 Å². The van der Waals surface area contributed by atoms with Gasteiger partial charge < -0.3 is 10.1 Å². The van der Waals surface area contributed by atoms with Crippen molar-refractivity contribution in [2.24, 2.45) is 0 Å². The minimum atomic E-state index is 0.104. The molecule has 0 radical (unpaired) electrons. The van der Waals surface area contributed by atoms with Crippen molar-refractivity contribution >= 4 is 0 Å². The largest absolute Gasteiger partial charge is 0.364 e. The number of aryl methyl sites for hydroxylation is 1. The summed E-state index contributed by atoms with van der Waals surface area (Å²) in [6, 6.07) is 19.2. The molecule has 0 amide bonds. The van der Waals surface area contributed by atoms with Crippen molar-refractivity contribution in [2.45, 2.75) is 31.5 Å². The van der Waals surface area contributed by atoms with Gasteiger partial charge in [0.15, 0.2) is 0 Å². The maximum Gasteiger partial charge on any atom is 0.0957 e. The molecule has 0 saturated carbocycles. The standard InChI is InChI=1S/C19H23NO/c1-20-14-19(16-9-3-2-4-10-16)21-18-13-7-11-15-8-5-6-12-17(15)18/h2-6,8-10,12,18-20H,7,11,13-14H2,1H3. The fourth-order valence-electron chi connectivity index (χ4n) is 3.15. The van der Waals surface area contributed by atoms with Crippen LogP contribution in [0.15, 0.2) is 54.6 Å². The van der Waals surface area contributed by atoms with Crippen molar-refractivity contribution < 1.29 is 4.74 Å². The van der Waals surface area contributed by atoms with Crippen LogP contribution in [0.2, 0.25) is 0 Å². The van der Waals surface area contributed by atoms with Gasteiger partial charge in [0.05, 0.1) is 12.2 Å². The molecule has 1 aliphatic carbocycles. The fourth-order valence-corrected chi connectivity index (χ4v) is 3.15. The summed E-state index contributed by atoms with van der Waals surface area (Å²) in [4.78, 5) is 0. The van der Waals surface area contributed by atoms with Crippen molar-refractivity contribution in [2.75, 3.05) is 13.6 Å². The summed E-state index contributed by atoms with van der Waals surface area (Å²) in [6.45, 7) is 0.836. The number of hydrogen-bond donors (Lipinski definition) is 1. The lowest BCUT2D eigenvalue weighted by atomic mass is 9.89. The second-order valence-corrected chi connectivity index (χ2v) is 5.67. The van der Waals surface area contributed by atoms with Crippen LogP contribution in [0.3, 0.4) is 0 Å². The van der Waals surface area contributed by atoms with Crippen LogP contribution in [0.4, 0.5) is 0 Å². The van der Waals surface area contributed by atoms with E-state index in [1.807, 2.05) is 7.05 Å². The quantitative estimate of drug-likeness (QED) is 0.893. The van der Waals surface area contributed by atoms with Gasteiger partial charge in [-0.1, -0.05) is 54.6 Å². The Balaban J connectivity index is 1.81. The highest BCUT2D eigenvalue weighted by Gasteiger charge is 2.24. The lowest BCUT2D eigenvalue weighted by Gasteiger charge is -2.30. The minimum Gasteiger partial charge on any atom is -0.364 e. The Labute approximate surface area is 127 Å². The average molecular weight is 281 g/mol. The zero-order valence-electron chi connectivity index (χ0n) is 12.6. The van der Waals surface area contributed by atoms with Gasteiger partial charge in [-0.25, -0.2) is 0 Å². The summed E-state index contributed by atoms with van der Waals surface area (Å²) in [5.41, 5.74) is 4.07. The van der Waals surface area contributed by atoms with Crippen molar-refractivity contribution in [3.05, 3.63) is 71.3 Å². The van der Waals surface area contributed by atoms with E-state index in [-0.39, 0.29) is 12.2 Å². The zero-order chi connectivity index (χ0) is 14.5. The SMILES string of the molecule is CNCC(OC1CCCc2ccccc21)c1ccccc1. The van der Waals surface area contributed by atoms with Gasteiger partial charge in [-0.2, -0.15) is 0 Å². The van der Waals surface area contributed by atoms with Crippen molar-refractivity contribution in [1.82, 2.24) is 5.32 Å². The Kier molecular flexibility index (Phi) is 4.69. The van der Waals surface area contributed by atoms with E-state index in [0.29, 0.717) is 0 Å². The molecule has 0 heterocycles. The molecular weight excluding hydrogens is 258 g/mol. The monoisotopic (exact) mass is 281 g/mol.